The molecule has 0 saturated carbocycles. The third-order valence-corrected chi connectivity index (χ3v) is 3.02. The summed E-state index contributed by atoms with van der Waals surface area (Å²) in [5.74, 6) is -1.28. The molecule has 1 aliphatic heterocycles. The summed E-state index contributed by atoms with van der Waals surface area (Å²) in [6.45, 7) is 2.75. The molecule has 1 aliphatic rings. The van der Waals surface area contributed by atoms with E-state index in [1.165, 1.54) is 0 Å². The van der Waals surface area contributed by atoms with E-state index in [9.17, 15) is 8.78 Å². The van der Waals surface area contributed by atoms with Crippen LogP contribution in [0.4, 0.5) is 14.6 Å². The number of fused-ring (bicyclic) bond motifs is 1. The van der Waals surface area contributed by atoms with Crippen LogP contribution in [0.25, 0.3) is 0 Å². The second-order valence-corrected chi connectivity index (χ2v) is 4.69. The number of hydrogen-bond donors (Lipinski definition) is 1. The third kappa shape index (κ3) is 2.50. The molecule has 0 aromatic carbocycles. The lowest BCUT2D eigenvalue weighted by Gasteiger charge is -2.30. The Labute approximate surface area is 104 Å². The van der Waals surface area contributed by atoms with Crippen LogP contribution in [0.2, 0.25) is 0 Å². The fourth-order valence-corrected chi connectivity index (χ4v) is 1.78. The molecule has 5 nitrogen and oxygen atoms in total. The predicted molar refractivity (Wildman–Crippen MR) is 64.9 cm³/mol. The van der Waals surface area contributed by atoms with Crippen molar-refractivity contribution in [2.24, 2.45) is 10.7 Å². The zero-order valence-corrected chi connectivity index (χ0v) is 10.7. The molecule has 0 amide bonds. The van der Waals surface area contributed by atoms with E-state index in [4.69, 9.17) is 5.73 Å². The van der Waals surface area contributed by atoms with Gasteiger partial charge in [0.15, 0.2) is 12.1 Å². The summed E-state index contributed by atoms with van der Waals surface area (Å²) in [4.78, 5) is 6.09. The molecule has 0 aliphatic carbocycles. The van der Waals surface area contributed by atoms with E-state index in [-0.39, 0.29) is 12.8 Å². The quantitative estimate of drug-likeness (QED) is 0.899. The maximum Gasteiger partial charge on any atom is 0.245 e. The molecule has 100 valence electrons. The molecule has 1 unspecified atom stereocenters. The van der Waals surface area contributed by atoms with Crippen molar-refractivity contribution in [3.8, 4) is 0 Å². The maximum absolute atomic E-state index is 12.8. The maximum atomic E-state index is 12.8. The highest BCUT2D eigenvalue weighted by molar-refractivity contribution is 5.83. The topological polar surface area (TPSA) is 59.4 Å². The molecule has 7 heteroatoms. The van der Waals surface area contributed by atoms with Gasteiger partial charge in [0.1, 0.15) is 5.84 Å². The van der Waals surface area contributed by atoms with E-state index in [1.54, 1.807) is 15.6 Å². The van der Waals surface area contributed by atoms with Crippen molar-refractivity contribution >= 4 is 11.7 Å². The number of nitrogens with two attached hydrogens (primary N) is 1. The Balaban J connectivity index is 2.20. The van der Waals surface area contributed by atoms with Gasteiger partial charge in [-0.3, -0.25) is 5.73 Å². The van der Waals surface area contributed by atoms with Crippen molar-refractivity contribution in [2.45, 2.75) is 38.9 Å². The largest absolute Gasteiger partial charge is 0.329 e. The number of amidine groups is 1. The van der Waals surface area contributed by atoms with Gasteiger partial charge in [-0.25, -0.2) is 18.5 Å². The zero-order valence-electron chi connectivity index (χ0n) is 10.7. The summed E-state index contributed by atoms with van der Waals surface area (Å²) < 4.78 is 27.1. The molecule has 0 spiro atoms. The standard InChI is InChI=1S/C11H17F2N5/c1-7-15-9-6-8(4-5-11(2,12)13)16-18(9)10(14)17(7)3/h6,10H,4-5,14H2,1-3H3. The summed E-state index contributed by atoms with van der Waals surface area (Å²) >= 11 is 0. The number of aromatic nitrogens is 2. The van der Waals surface area contributed by atoms with Crippen molar-refractivity contribution in [3.05, 3.63) is 11.8 Å². The van der Waals surface area contributed by atoms with E-state index in [1.807, 2.05) is 14.0 Å². The van der Waals surface area contributed by atoms with Crippen molar-refractivity contribution in [1.29, 1.82) is 0 Å². The van der Waals surface area contributed by atoms with Gasteiger partial charge < -0.3 is 4.90 Å². The lowest BCUT2D eigenvalue weighted by Crippen LogP contribution is -2.41. The number of aryl methyl sites for hydroxylation is 1. The monoisotopic (exact) mass is 257 g/mol. The van der Waals surface area contributed by atoms with E-state index in [0.29, 0.717) is 11.5 Å². The molecule has 2 rings (SSSR count). The van der Waals surface area contributed by atoms with Crippen LogP contribution < -0.4 is 5.73 Å². The van der Waals surface area contributed by atoms with Gasteiger partial charge in [0, 0.05) is 19.5 Å². The minimum atomic E-state index is -2.68. The Morgan fingerprint density at radius 3 is 2.78 bits per heavy atom. The van der Waals surface area contributed by atoms with Gasteiger partial charge in [0.05, 0.1) is 5.69 Å². The molecule has 1 aromatic rings. The highest BCUT2D eigenvalue weighted by atomic mass is 19.3. The second kappa shape index (κ2) is 4.31. The molecular weight excluding hydrogens is 240 g/mol. The first-order valence-electron chi connectivity index (χ1n) is 5.78. The summed E-state index contributed by atoms with van der Waals surface area (Å²) in [7, 11) is 1.81. The molecule has 0 saturated heterocycles. The van der Waals surface area contributed by atoms with E-state index >= 15 is 0 Å². The molecule has 0 radical (unpaired) electrons. The summed E-state index contributed by atoms with van der Waals surface area (Å²) in [5, 5.41) is 4.23. The van der Waals surface area contributed by atoms with Crippen LogP contribution in [0.1, 0.15) is 32.3 Å². The fourth-order valence-electron chi connectivity index (χ4n) is 1.78. The normalized spacial score (nSPS) is 19.8. The van der Waals surface area contributed by atoms with E-state index in [0.717, 1.165) is 12.8 Å². The van der Waals surface area contributed by atoms with Crippen LogP contribution in [-0.4, -0.2) is 33.5 Å². The number of halogens is 2. The molecule has 0 bridgehead atoms. The number of alkyl halides is 2. The SMILES string of the molecule is CC1=Nc2cc(CCC(C)(F)F)nn2C(N)N1C. The molecule has 1 atom stereocenters. The number of rotatable bonds is 3. The summed E-state index contributed by atoms with van der Waals surface area (Å²) in [6, 6.07) is 1.71. The summed E-state index contributed by atoms with van der Waals surface area (Å²) in [5.41, 5.74) is 6.56. The first-order valence-corrected chi connectivity index (χ1v) is 5.78. The summed E-state index contributed by atoms with van der Waals surface area (Å²) in [6.07, 6.45) is -0.445. The van der Waals surface area contributed by atoms with Crippen molar-refractivity contribution in [3.63, 3.8) is 0 Å². The lowest BCUT2D eigenvalue weighted by atomic mass is 10.1. The van der Waals surface area contributed by atoms with Gasteiger partial charge in [0.2, 0.25) is 5.92 Å². The lowest BCUT2D eigenvalue weighted by molar-refractivity contribution is 0.0130. The zero-order chi connectivity index (χ0) is 13.5. The number of aliphatic imine (C=N–C) groups is 1. The Hall–Kier alpha value is -1.50. The van der Waals surface area contributed by atoms with Crippen LogP contribution in [0, 0.1) is 0 Å². The first kappa shape index (κ1) is 12.9. The van der Waals surface area contributed by atoms with E-state index in [2.05, 4.69) is 10.1 Å². The average molecular weight is 257 g/mol. The van der Waals surface area contributed by atoms with Crippen LogP contribution in [0.3, 0.4) is 0 Å². The van der Waals surface area contributed by atoms with Gasteiger partial charge in [-0.15, -0.1) is 0 Å². The van der Waals surface area contributed by atoms with Gasteiger partial charge in [-0.05, 0) is 20.3 Å². The first-order chi connectivity index (χ1) is 8.28. The Morgan fingerprint density at radius 2 is 2.17 bits per heavy atom. The third-order valence-electron chi connectivity index (χ3n) is 3.02. The fraction of sp³-hybridized carbons (Fsp3) is 0.636. The Morgan fingerprint density at radius 1 is 1.50 bits per heavy atom. The van der Waals surface area contributed by atoms with Crippen molar-refractivity contribution in [1.82, 2.24) is 14.7 Å². The van der Waals surface area contributed by atoms with Crippen LogP contribution >= 0.6 is 0 Å². The predicted octanol–water partition coefficient (Wildman–Crippen LogP) is 1.88. The molecule has 18 heavy (non-hydrogen) atoms. The van der Waals surface area contributed by atoms with Crippen LogP contribution in [0.5, 0.6) is 0 Å². The van der Waals surface area contributed by atoms with Crippen LogP contribution in [-0.2, 0) is 6.42 Å². The Bertz CT molecular complexity index is 474. The van der Waals surface area contributed by atoms with Crippen molar-refractivity contribution < 1.29 is 8.78 Å². The smallest absolute Gasteiger partial charge is 0.245 e. The number of hydrogen-bond acceptors (Lipinski definition) is 4. The van der Waals surface area contributed by atoms with Gasteiger partial charge in [-0.1, -0.05) is 0 Å². The highest BCUT2D eigenvalue weighted by Crippen LogP contribution is 2.26. The minimum Gasteiger partial charge on any atom is -0.329 e. The van der Waals surface area contributed by atoms with Gasteiger partial charge in [0.25, 0.3) is 0 Å². The average Bonchev–Trinajstić information content (AvgIpc) is 2.66. The Kier molecular flexibility index (Phi) is 3.10. The molecule has 1 aromatic heterocycles. The van der Waals surface area contributed by atoms with Crippen molar-refractivity contribution in [2.75, 3.05) is 7.05 Å². The second-order valence-electron chi connectivity index (χ2n) is 4.69. The van der Waals surface area contributed by atoms with Gasteiger partial charge in [-0.2, -0.15) is 5.10 Å². The molecular formula is C11H17F2N5. The molecule has 0 fully saturated rings. The molecule has 2 heterocycles. The molecule has 2 N–H and O–H groups in total. The number of nitrogens with zero attached hydrogens (tertiary/aromatic N) is 4. The van der Waals surface area contributed by atoms with Gasteiger partial charge >= 0.3 is 0 Å². The van der Waals surface area contributed by atoms with E-state index < -0.39 is 12.2 Å². The van der Waals surface area contributed by atoms with Crippen LogP contribution in [0.15, 0.2) is 11.1 Å². The minimum absolute atomic E-state index is 0.217. The highest BCUT2D eigenvalue weighted by Gasteiger charge is 2.25.